The number of benzene rings is 1. The number of nitriles is 1. The molecule has 0 saturated heterocycles. The van der Waals surface area contributed by atoms with Crippen LogP contribution in [0.25, 0.3) is 5.65 Å². The molecule has 0 amide bonds. The van der Waals surface area contributed by atoms with Crippen molar-refractivity contribution in [3.63, 3.8) is 0 Å². The van der Waals surface area contributed by atoms with Gasteiger partial charge in [0.05, 0.1) is 0 Å². The number of rotatable bonds is 3. The fraction of sp³-hybridized carbons (Fsp3) is 0.143. The van der Waals surface area contributed by atoms with Crippen LogP contribution in [-0.4, -0.2) is 19.6 Å². The minimum atomic E-state index is 0.195. The Bertz CT molecular complexity index is 844. The second-order valence-electron chi connectivity index (χ2n) is 4.65. The van der Waals surface area contributed by atoms with Crippen LogP contribution < -0.4 is 11.1 Å². The van der Waals surface area contributed by atoms with Crippen molar-refractivity contribution in [2.75, 3.05) is 11.1 Å². The molecule has 3 aromatic rings. The van der Waals surface area contributed by atoms with Gasteiger partial charge < -0.3 is 11.1 Å². The average molecular weight is 279 g/mol. The molecule has 3 rings (SSSR count). The molecule has 7 heteroatoms. The molecule has 2 heterocycles. The maximum Gasteiger partial charge on any atom is 0.224 e. The Balaban J connectivity index is 1.94. The predicted molar refractivity (Wildman–Crippen MR) is 78.4 cm³/mol. The van der Waals surface area contributed by atoms with Crippen LogP contribution >= 0.6 is 0 Å². The van der Waals surface area contributed by atoms with Crippen molar-refractivity contribution in [3.05, 3.63) is 47.3 Å². The minimum Gasteiger partial charge on any atom is -0.368 e. The Hall–Kier alpha value is -3.14. The second-order valence-corrected chi connectivity index (χ2v) is 4.65. The van der Waals surface area contributed by atoms with Crippen LogP contribution in [0.1, 0.15) is 16.7 Å². The number of hydrogen-bond acceptors (Lipinski definition) is 6. The van der Waals surface area contributed by atoms with E-state index >= 15 is 0 Å². The highest BCUT2D eigenvalue weighted by molar-refractivity contribution is 5.68. The summed E-state index contributed by atoms with van der Waals surface area (Å²) in [6.45, 7) is 2.60. The number of nitrogen functional groups attached to an aromatic ring is 1. The van der Waals surface area contributed by atoms with Crippen molar-refractivity contribution >= 4 is 17.4 Å². The minimum absolute atomic E-state index is 0.195. The lowest BCUT2D eigenvalue weighted by molar-refractivity contribution is 0.905. The van der Waals surface area contributed by atoms with E-state index in [-0.39, 0.29) is 5.95 Å². The van der Waals surface area contributed by atoms with Gasteiger partial charge >= 0.3 is 0 Å². The van der Waals surface area contributed by atoms with Crippen LogP contribution in [0.15, 0.2) is 30.6 Å². The van der Waals surface area contributed by atoms with Gasteiger partial charge in [-0.25, -0.2) is 9.97 Å². The normalized spacial score (nSPS) is 10.5. The van der Waals surface area contributed by atoms with E-state index in [4.69, 9.17) is 5.73 Å². The van der Waals surface area contributed by atoms with E-state index in [1.54, 1.807) is 0 Å². The van der Waals surface area contributed by atoms with Crippen LogP contribution in [0, 0.1) is 18.3 Å². The number of anilines is 2. The zero-order valence-corrected chi connectivity index (χ0v) is 11.4. The molecule has 104 valence electrons. The zero-order chi connectivity index (χ0) is 14.8. The van der Waals surface area contributed by atoms with Gasteiger partial charge in [0.25, 0.3) is 0 Å². The van der Waals surface area contributed by atoms with Crippen LogP contribution in [0.4, 0.5) is 11.8 Å². The molecule has 0 atom stereocenters. The van der Waals surface area contributed by atoms with Gasteiger partial charge in [-0.3, -0.25) is 0 Å². The van der Waals surface area contributed by atoms with Gasteiger partial charge in [-0.1, -0.05) is 29.8 Å². The third kappa shape index (κ3) is 2.34. The first-order valence-corrected chi connectivity index (χ1v) is 6.38. The van der Waals surface area contributed by atoms with E-state index in [1.165, 1.54) is 16.4 Å². The molecule has 21 heavy (non-hydrogen) atoms. The van der Waals surface area contributed by atoms with Crippen molar-refractivity contribution in [1.82, 2.24) is 19.6 Å². The summed E-state index contributed by atoms with van der Waals surface area (Å²) in [6.07, 6.45) is 1.32. The molecule has 1 aromatic carbocycles. The summed E-state index contributed by atoms with van der Waals surface area (Å²) in [6, 6.07) is 10.2. The van der Waals surface area contributed by atoms with E-state index < -0.39 is 0 Å². The fourth-order valence-corrected chi connectivity index (χ4v) is 2.12. The maximum absolute atomic E-state index is 9.29. The molecule has 7 nitrogen and oxygen atoms in total. The molecular weight excluding hydrogens is 266 g/mol. The monoisotopic (exact) mass is 279 g/mol. The van der Waals surface area contributed by atoms with Crippen molar-refractivity contribution in [2.45, 2.75) is 13.5 Å². The third-order valence-electron chi connectivity index (χ3n) is 3.10. The first-order valence-electron chi connectivity index (χ1n) is 6.38. The Morgan fingerprint density at radius 1 is 1.38 bits per heavy atom. The lowest BCUT2D eigenvalue weighted by atomic mass is 10.1. The summed E-state index contributed by atoms with van der Waals surface area (Å²) in [5, 5.41) is 16.7. The predicted octanol–water partition coefficient (Wildman–Crippen LogP) is 1.50. The Labute approximate surface area is 121 Å². The Kier molecular flexibility index (Phi) is 3.12. The van der Waals surface area contributed by atoms with E-state index in [0.29, 0.717) is 23.6 Å². The highest BCUT2D eigenvalue weighted by Crippen LogP contribution is 2.19. The van der Waals surface area contributed by atoms with E-state index in [2.05, 4.69) is 32.5 Å². The van der Waals surface area contributed by atoms with Crippen molar-refractivity contribution in [2.24, 2.45) is 0 Å². The lowest BCUT2D eigenvalue weighted by Gasteiger charge is -2.04. The van der Waals surface area contributed by atoms with Gasteiger partial charge in [0.1, 0.15) is 18.0 Å². The van der Waals surface area contributed by atoms with E-state index in [1.807, 2.05) is 25.1 Å². The van der Waals surface area contributed by atoms with E-state index in [9.17, 15) is 5.26 Å². The summed E-state index contributed by atoms with van der Waals surface area (Å²) in [5.41, 5.74) is 8.78. The number of nitrogens with one attached hydrogen (secondary N) is 1. The quantitative estimate of drug-likeness (QED) is 0.752. The van der Waals surface area contributed by atoms with Gasteiger partial charge in [-0.15, -0.1) is 5.10 Å². The summed E-state index contributed by atoms with van der Waals surface area (Å²) < 4.78 is 1.36. The van der Waals surface area contributed by atoms with Crippen molar-refractivity contribution in [3.8, 4) is 6.07 Å². The molecular formula is C14H13N7. The summed E-state index contributed by atoms with van der Waals surface area (Å²) in [4.78, 5) is 7.91. The summed E-state index contributed by atoms with van der Waals surface area (Å²) >= 11 is 0. The molecule has 0 aliphatic carbocycles. The molecule has 0 aliphatic heterocycles. The Morgan fingerprint density at radius 2 is 2.24 bits per heavy atom. The maximum atomic E-state index is 9.29. The molecule has 2 aromatic heterocycles. The van der Waals surface area contributed by atoms with Crippen LogP contribution in [0.5, 0.6) is 0 Å². The van der Waals surface area contributed by atoms with E-state index in [0.717, 1.165) is 5.56 Å². The third-order valence-corrected chi connectivity index (χ3v) is 3.10. The zero-order valence-electron chi connectivity index (χ0n) is 11.4. The number of fused-ring (bicyclic) bond motifs is 1. The highest BCUT2D eigenvalue weighted by Gasteiger charge is 2.15. The summed E-state index contributed by atoms with van der Waals surface area (Å²) in [5.74, 6) is 0.645. The first kappa shape index (κ1) is 12.9. The largest absolute Gasteiger partial charge is 0.368 e. The number of nitrogens with zero attached hydrogens (tertiary/aromatic N) is 5. The molecule has 0 bridgehead atoms. The van der Waals surface area contributed by atoms with Gasteiger partial charge in [-0.05, 0) is 12.5 Å². The van der Waals surface area contributed by atoms with Crippen molar-refractivity contribution in [1.29, 1.82) is 5.26 Å². The second kappa shape index (κ2) is 5.09. The van der Waals surface area contributed by atoms with Gasteiger partial charge in [-0.2, -0.15) is 9.78 Å². The topological polar surface area (TPSA) is 105 Å². The fourth-order valence-electron chi connectivity index (χ4n) is 2.12. The number of nitrogens with two attached hydrogens (primary N) is 1. The SMILES string of the molecule is Cc1cccc(CNc2nn3c(N)ncnc3c2C#N)c1. The molecule has 0 radical (unpaired) electrons. The van der Waals surface area contributed by atoms with Crippen LogP contribution in [0.3, 0.4) is 0 Å². The molecule has 0 spiro atoms. The lowest BCUT2D eigenvalue weighted by Crippen LogP contribution is -2.03. The number of aromatic nitrogens is 4. The van der Waals surface area contributed by atoms with Gasteiger partial charge in [0, 0.05) is 6.54 Å². The number of hydrogen-bond donors (Lipinski definition) is 2. The molecule has 0 aliphatic rings. The molecule has 0 unspecified atom stereocenters. The van der Waals surface area contributed by atoms with Gasteiger partial charge in [0.2, 0.25) is 5.95 Å². The average Bonchev–Trinajstić information content (AvgIpc) is 2.84. The first-order chi connectivity index (χ1) is 10.2. The summed E-state index contributed by atoms with van der Waals surface area (Å²) in [7, 11) is 0. The smallest absolute Gasteiger partial charge is 0.224 e. The highest BCUT2D eigenvalue weighted by atomic mass is 15.4. The van der Waals surface area contributed by atoms with Crippen LogP contribution in [-0.2, 0) is 6.54 Å². The van der Waals surface area contributed by atoms with Gasteiger partial charge in [0.15, 0.2) is 11.5 Å². The molecule has 0 saturated carbocycles. The molecule has 3 N–H and O–H groups in total. The number of aryl methyl sites for hydroxylation is 1. The van der Waals surface area contributed by atoms with Crippen molar-refractivity contribution < 1.29 is 0 Å². The Morgan fingerprint density at radius 3 is 3.00 bits per heavy atom. The standard InChI is InChI=1S/C14H13N7/c1-9-3-2-4-10(5-9)7-17-12-11(6-15)13-18-8-19-14(16)21(13)20-12/h2-5,8H,7H2,1H3,(H,17,20)(H2,16,18,19). The van der Waals surface area contributed by atoms with Crippen LogP contribution in [0.2, 0.25) is 0 Å². The molecule has 0 fully saturated rings.